The Balaban J connectivity index is 2.54. The molecule has 0 fully saturated rings. The summed E-state index contributed by atoms with van der Waals surface area (Å²) in [7, 11) is 1.36. The maximum absolute atomic E-state index is 11.6. The van der Waals surface area contributed by atoms with Crippen LogP contribution in [-0.4, -0.2) is 32.2 Å². The number of rotatable bonds is 6. The molecule has 0 saturated heterocycles. The van der Waals surface area contributed by atoms with Crippen molar-refractivity contribution in [2.24, 2.45) is 0 Å². The number of hydrogen-bond donors (Lipinski definition) is 1. The molecule has 1 aromatic rings. The second kappa shape index (κ2) is 8.58. The summed E-state index contributed by atoms with van der Waals surface area (Å²) in [6.07, 6.45) is 0. The smallest absolute Gasteiger partial charge is 0.332 e. The summed E-state index contributed by atoms with van der Waals surface area (Å²) in [5, 5.41) is 13.1. The quantitative estimate of drug-likeness (QED) is 0.476. The SMILES string of the molecule is COCC(=O)OCC(=O)Nc1ccc(SC#N)cc1Br. The predicted molar refractivity (Wildman–Crippen MR) is 77.1 cm³/mol. The minimum absolute atomic E-state index is 0.197. The third-order valence-electron chi connectivity index (χ3n) is 2.00. The Morgan fingerprint density at radius 2 is 2.20 bits per heavy atom. The Labute approximate surface area is 128 Å². The monoisotopic (exact) mass is 358 g/mol. The van der Waals surface area contributed by atoms with Gasteiger partial charge >= 0.3 is 5.97 Å². The number of esters is 1. The van der Waals surface area contributed by atoms with Gasteiger partial charge in [-0.05, 0) is 45.9 Å². The highest BCUT2D eigenvalue weighted by atomic mass is 79.9. The van der Waals surface area contributed by atoms with E-state index in [1.54, 1.807) is 18.2 Å². The van der Waals surface area contributed by atoms with Crippen molar-refractivity contribution in [2.45, 2.75) is 4.90 Å². The largest absolute Gasteiger partial charge is 0.454 e. The number of anilines is 1. The lowest BCUT2D eigenvalue weighted by atomic mass is 10.3. The number of ether oxygens (including phenoxy) is 2. The van der Waals surface area contributed by atoms with Gasteiger partial charge in [-0.25, -0.2) is 4.79 Å². The number of methoxy groups -OCH3 is 1. The van der Waals surface area contributed by atoms with E-state index in [1.165, 1.54) is 7.11 Å². The third kappa shape index (κ3) is 5.61. The van der Waals surface area contributed by atoms with Gasteiger partial charge in [-0.1, -0.05) is 0 Å². The van der Waals surface area contributed by atoms with Gasteiger partial charge in [-0.15, -0.1) is 0 Å². The van der Waals surface area contributed by atoms with E-state index in [0.717, 1.165) is 16.7 Å². The predicted octanol–water partition coefficient (Wildman–Crippen LogP) is 2.15. The van der Waals surface area contributed by atoms with Crippen molar-refractivity contribution in [1.29, 1.82) is 5.26 Å². The van der Waals surface area contributed by atoms with E-state index in [4.69, 9.17) is 5.26 Å². The van der Waals surface area contributed by atoms with Crippen molar-refractivity contribution < 1.29 is 19.1 Å². The molecular formula is C12H11BrN2O4S. The zero-order chi connectivity index (χ0) is 15.0. The fraction of sp³-hybridized carbons (Fsp3) is 0.250. The lowest BCUT2D eigenvalue weighted by molar-refractivity contribution is -0.150. The molecule has 0 aliphatic heterocycles. The lowest BCUT2D eigenvalue weighted by Gasteiger charge is -2.08. The van der Waals surface area contributed by atoms with Gasteiger partial charge in [-0.3, -0.25) is 4.79 Å². The minimum Gasteiger partial charge on any atom is -0.454 e. The van der Waals surface area contributed by atoms with Gasteiger partial charge in [0.15, 0.2) is 6.61 Å². The van der Waals surface area contributed by atoms with Crippen LogP contribution in [0.2, 0.25) is 0 Å². The van der Waals surface area contributed by atoms with E-state index in [1.807, 2.05) is 5.40 Å². The summed E-state index contributed by atoms with van der Waals surface area (Å²) in [6.45, 7) is -0.583. The molecule has 0 bridgehead atoms. The maximum atomic E-state index is 11.6. The van der Waals surface area contributed by atoms with Gasteiger partial charge in [0, 0.05) is 16.5 Å². The maximum Gasteiger partial charge on any atom is 0.332 e. The molecule has 20 heavy (non-hydrogen) atoms. The summed E-state index contributed by atoms with van der Waals surface area (Å²) in [6, 6.07) is 5.06. The Kier molecular flexibility index (Phi) is 7.08. The number of nitrogens with one attached hydrogen (secondary N) is 1. The molecular weight excluding hydrogens is 348 g/mol. The number of carbonyl (C=O) groups excluding carboxylic acids is 2. The van der Waals surface area contributed by atoms with E-state index < -0.39 is 11.9 Å². The van der Waals surface area contributed by atoms with E-state index in [-0.39, 0.29) is 13.2 Å². The normalized spacial score (nSPS) is 9.65. The topological polar surface area (TPSA) is 88.4 Å². The number of thiocyanates is 1. The van der Waals surface area contributed by atoms with E-state index in [2.05, 4.69) is 30.7 Å². The van der Waals surface area contributed by atoms with Crippen LogP contribution in [0.1, 0.15) is 0 Å². The number of thioether (sulfide) groups is 1. The van der Waals surface area contributed by atoms with Crippen LogP contribution in [0, 0.1) is 10.7 Å². The molecule has 6 nitrogen and oxygen atoms in total. The zero-order valence-corrected chi connectivity index (χ0v) is 12.9. The first-order valence-corrected chi connectivity index (χ1v) is 6.97. The van der Waals surface area contributed by atoms with Gasteiger partial charge in [0.05, 0.1) is 5.69 Å². The molecule has 0 radical (unpaired) electrons. The average molecular weight is 359 g/mol. The van der Waals surface area contributed by atoms with Crippen LogP contribution >= 0.6 is 27.7 Å². The van der Waals surface area contributed by atoms with Crippen LogP contribution in [0.3, 0.4) is 0 Å². The van der Waals surface area contributed by atoms with Gasteiger partial charge in [0.25, 0.3) is 5.91 Å². The molecule has 1 N–H and O–H groups in total. The Bertz CT molecular complexity index is 545. The number of nitrogens with zero attached hydrogens (tertiary/aromatic N) is 1. The highest BCUT2D eigenvalue weighted by Crippen LogP contribution is 2.28. The summed E-state index contributed by atoms with van der Waals surface area (Å²) >= 11 is 4.30. The van der Waals surface area contributed by atoms with Crippen molar-refractivity contribution in [3.8, 4) is 5.40 Å². The van der Waals surface area contributed by atoms with Crippen LogP contribution in [-0.2, 0) is 19.1 Å². The molecule has 0 heterocycles. The molecule has 106 valence electrons. The third-order valence-corrected chi connectivity index (χ3v) is 3.24. The highest BCUT2D eigenvalue weighted by molar-refractivity contribution is 9.10. The van der Waals surface area contributed by atoms with Crippen molar-refractivity contribution in [2.75, 3.05) is 25.6 Å². The molecule has 0 spiro atoms. The fourth-order valence-electron chi connectivity index (χ4n) is 1.21. The first kappa shape index (κ1) is 16.5. The second-order valence-electron chi connectivity index (χ2n) is 3.48. The summed E-state index contributed by atoms with van der Waals surface area (Å²) in [5.74, 6) is -1.07. The molecule has 0 aromatic heterocycles. The van der Waals surface area contributed by atoms with Crippen molar-refractivity contribution in [3.63, 3.8) is 0 Å². The van der Waals surface area contributed by atoms with E-state index in [0.29, 0.717) is 10.2 Å². The summed E-state index contributed by atoms with van der Waals surface area (Å²) < 4.78 is 9.88. The van der Waals surface area contributed by atoms with Crippen molar-refractivity contribution >= 4 is 45.3 Å². The second-order valence-corrected chi connectivity index (χ2v) is 5.19. The fourth-order valence-corrected chi connectivity index (χ4v) is 2.25. The Morgan fingerprint density at radius 1 is 1.45 bits per heavy atom. The summed E-state index contributed by atoms with van der Waals surface area (Å²) in [4.78, 5) is 23.3. The lowest BCUT2D eigenvalue weighted by Crippen LogP contribution is -2.22. The molecule has 1 aromatic carbocycles. The van der Waals surface area contributed by atoms with Crippen molar-refractivity contribution in [1.82, 2.24) is 0 Å². The molecule has 1 amide bonds. The zero-order valence-electron chi connectivity index (χ0n) is 10.5. The molecule has 0 aliphatic carbocycles. The molecule has 1 rings (SSSR count). The first-order chi connectivity index (χ1) is 9.56. The standard InChI is InChI=1S/C12H11BrN2O4S/c1-18-6-12(17)19-5-11(16)15-10-3-2-8(20-7-14)4-9(10)13/h2-4H,5-6H2,1H3,(H,15,16). The number of nitriles is 1. The number of benzene rings is 1. The van der Waals surface area contributed by atoms with Crippen LogP contribution in [0.15, 0.2) is 27.6 Å². The molecule has 0 atom stereocenters. The van der Waals surface area contributed by atoms with Crippen LogP contribution in [0.25, 0.3) is 0 Å². The van der Waals surface area contributed by atoms with Crippen LogP contribution < -0.4 is 5.32 Å². The van der Waals surface area contributed by atoms with Gasteiger partial charge in [-0.2, -0.15) is 5.26 Å². The average Bonchev–Trinajstić information content (AvgIpc) is 2.40. The number of hydrogen-bond acceptors (Lipinski definition) is 6. The number of amides is 1. The molecule has 0 unspecified atom stereocenters. The van der Waals surface area contributed by atoms with Gasteiger partial charge < -0.3 is 14.8 Å². The van der Waals surface area contributed by atoms with Gasteiger partial charge in [0.1, 0.15) is 12.0 Å². The number of halogens is 1. The van der Waals surface area contributed by atoms with Crippen LogP contribution in [0.5, 0.6) is 0 Å². The van der Waals surface area contributed by atoms with Gasteiger partial charge in [0.2, 0.25) is 0 Å². The first-order valence-electron chi connectivity index (χ1n) is 5.36. The summed E-state index contributed by atoms with van der Waals surface area (Å²) in [5.41, 5.74) is 0.528. The molecule has 0 saturated carbocycles. The number of carbonyl (C=O) groups is 2. The Morgan fingerprint density at radius 3 is 2.80 bits per heavy atom. The van der Waals surface area contributed by atoms with E-state index >= 15 is 0 Å². The van der Waals surface area contributed by atoms with Crippen LogP contribution in [0.4, 0.5) is 5.69 Å². The van der Waals surface area contributed by atoms with E-state index in [9.17, 15) is 9.59 Å². The molecule has 0 aliphatic rings. The Hall–Kier alpha value is -1.56. The highest BCUT2D eigenvalue weighted by Gasteiger charge is 2.09. The molecule has 8 heteroatoms. The minimum atomic E-state index is -0.609. The van der Waals surface area contributed by atoms with Crippen molar-refractivity contribution in [3.05, 3.63) is 22.7 Å².